The highest BCUT2D eigenvalue weighted by molar-refractivity contribution is 6.00. The first-order chi connectivity index (χ1) is 13.5. The van der Waals surface area contributed by atoms with Crippen LogP contribution in [0, 0.1) is 16.0 Å². The Kier molecular flexibility index (Phi) is 5.64. The fourth-order valence-electron chi connectivity index (χ4n) is 2.88. The molecule has 0 aliphatic carbocycles. The second kappa shape index (κ2) is 8.30. The van der Waals surface area contributed by atoms with E-state index in [0.29, 0.717) is 17.0 Å². The minimum Gasteiger partial charge on any atom is -0.497 e. The highest BCUT2D eigenvalue weighted by atomic mass is 16.6. The fourth-order valence-corrected chi connectivity index (χ4v) is 2.88. The summed E-state index contributed by atoms with van der Waals surface area (Å²) in [6.45, 7) is 0.253. The monoisotopic (exact) mass is 382 g/mol. The minimum atomic E-state index is -0.531. The summed E-state index contributed by atoms with van der Waals surface area (Å²) in [5.74, 6) is -0.379. The van der Waals surface area contributed by atoms with Crippen LogP contribution in [0.1, 0.15) is 12.0 Å². The number of hydrogen-bond donors (Lipinski definition) is 1. The van der Waals surface area contributed by atoms with E-state index in [0.717, 1.165) is 0 Å². The Hall–Kier alpha value is -3.75. The van der Waals surface area contributed by atoms with Gasteiger partial charge in [0.25, 0.3) is 5.69 Å². The standard InChI is InChI=1S/C19H18N4O5/c1-28-17-7-5-15(6-8-17)22-12-14(10-18(22)24)19(25)21-20-11-13-3-2-4-16(9-13)23(26)27/h2-9,11,14H,10,12H2,1H3,(H,21,25)/b20-11-/t14-/m0/s1. The van der Waals surface area contributed by atoms with Crippen molar-refractivity contribution < 1.29 is 19.2 Å². The number of rotatable bonds is 6. The van der Waals surface area contributed by atoms with Gasteiger partial charge in [0.2, 0.25) is 11.8 Å². The van der Waals surface area contributed by atoms with E-state index in [1.807, 2.05) is 0 Å². The van der Waals surface area contributed by atoms with Gasteiger partial charge in [0, 0.05) is 36.3 Å². The molecule has 0 radical (unpaired) electrons. The minimum absolute atomic E-state index is 0.0631. The first-order valence-corrected chi connectivity index (χ1v) is 8.49. The summed E-state index contributed by atoms with van der Waals surface area (Å²) in [5.41, 5.74) is 3.51. The number of hydrazone groups is 1. The number of hydrogen-bond acceptors (Lipinski definition) is 6. The van der Waals surface area contributed by atoms with Gasteiger partial charge < -0.3 is 9.64 Å². The maximum atomic E-state index is 12.3. The topological polar surface area (TPSA) is 114 Å². The number of methoxy groups -OCH3 is 1. The lowest BCUT2D eigenvalue weighted by Crippen LogP contribution is -2.30. The van der Waals surface area contributed by atoms with Crippen molar-refractivity contribution in [2.24, 2.45) is 11.0 Å². The number of nitrogens with one attached hydrogen (secondary N) is 1. The quantitative estimate of drug-likeness (QED) is 0.467. The van der Waals surface area contributed by atoms with Crippen LogP contribution in [0.3, 0.4) is 0 Å². The van der Waals surface area contributed by atoms with Gasteiger partial charge in [0.15, 0.2) is 0 Å². The molecule has 2 amide bonds. The van der Waals surface area contributed by atoms with E-state index in [1.165, 1.54) is 24.4 Å². The van der Waals surface area contributed by atoms with Crippen molar-refractivity contribution in [3.8, 4) is 5.75 Å². The van der Waals surface area contributed by atoms with Crippen molar-refractivity contribution in [2.45, 2.75) is 6.42 Å². The van der Waals surface area contributed by atoms with Crippen molar-refractivity contribution in [1.82, 2.24) is 5.43 Å². The number of amides is 2. The Morgan fingerprint density at radius 2 is 2.07 bits per heavy atom. The Balaban J connectivity index is 1.60. The number of nitro benzene ring substituents is 1. The highest BCUT2D eigenvalue weighted by Gasteiger charge is 2.35. The Bertz CT molecular complexity index is 926. The van der Waals surface area contributed by atoms with Crippen LogP contribution in [0.2, 0.25) is 0 Å². The summed E-state index contributed by atoms with van der Waals surface area (Å²) >= 11 is 0. The number of carbonyl (C=O) groups excluding carboxylic acids is 2. The molecule has 1 heterocycles. The van der Waals surface area contributed by atoms with E-state index in [4.69, 9.17) is 4.74 Å². The van der Waals surface area contributed by atoms with E-state index in [2.05, 4.69) is 10.5 Å². The maximum Gasteiger partial charge on any atom is 0.270 e. The van der Waals surface area contributed by atoms with Crippen molar-refractivity contribution in [3.63, 3.8) is 0 Å². The lowest BCUT2D eigenvalue weighted by Gasteiger charge is -2.16. The molecular formula is C19H18N4O5. The molecule has 2 aromatic rings. The number of benzene rings is 2. The molecule has 9 heteroatoms. The van der Waals surface area contributed by atoms with E-state index >= 15 is 0 Å². The fraction of sp³-hybridized carbons (Fsp3) is 0.211. The molecule has 1 saturated heterocycles. The molecule has 1 aliphatic rings. The summed E-state index contributed by atoms with van der Waals surface area (Å²) in [6.07, 6.45) is 1.41. The van der Waals surface area contributed by atoms with E-state index in [1.54, 1.807) is 42.3 Å². The van der Waals surface area contributed by atoms with Crippen LogP contribution >= 0.6 is 0 Å². The third kappa shape index (κ3) is 4.32. The number of non-ortho nitro benzene ring substituents is 1. The van der Waals surface area contributed by atoms with Gasteiger partial charge in [0.1, 0.15) is 5.75 Å². The van der Waals surface area contributed by atoms with Gasteiger partial charge in [-0.15, -0.1) is 0 Å². The molecule has 1 N–H and O–H groups in total. The number of nitro groups is 1. The van der Waals surface area contributed by atoms with Gasteiger partial charge >= 0.3 is 0 Å². The smallest absolute Gasteiger partial charge is 0.270 e. The zero-order valence-corrected chi connectivity index (χ0v) is 15.1. The zero-order chi connectivity index (χ0) is 20.1. The van der Waals surface area contributed by atoms with Gasteiger partial charge in [0.05, 0.1) is 24.2 Å². The van der Waals surface area contributed by atoms with Crippen molar-refractivity contribution in [2.75, 3.05) is 18.6 Å². The third-order valence-corrected chi connectivity index (χ3v) is 4.35. The maximum absolute atomic E-state index is 12.3. The van der Waals surface area contributed by atoms with Gasteiger partial charge in [-0.2, -0.15) is 5.10 Å². The molecule has 3 rings (SSSR count). The molecule has 28 heavy (non-hydrogen) atoms. The van der Waals surface area contributed by atoms with Gasteiger partial charge in [-0.1, -0.05) is 12.1 Å². The van der Waals surface area contributed by atoms with Gasteiger partial charge in [-0.05, 0) is 24.3 Å². The lowest BCUT2D eigenvalue weighted by atomic mass is 10.1. The molecular weight excluding hydrogens is 364 g/mol. The summed E-state index contributed by atoms with van der Waals surface area (Å²) < 4.78 is 5.10. The predicted octanol–water partition coefficient (Wildman–Crippen LogP) is 2.11. The molecule has 0 aromatic heterocycles. The zero-order valence-electron chi connectivity index (χ0n) is 15.1. The van der Waals surface area contributed by atoms with Crippen molar-refractivity contribution >= 4 is 29.4 Å². The summed E-state index contributed by atoms with van der Waals surface area (Å²) in [7, 11) is 1.56. The molecule has 2 aromatic carbocycles. The Labute approximate surface area is 160 Å². The van der Waals surface area contributed by atoms with E-state index < -0.39 is 10.8 Å². The summed E-state index contributed by atoms with van der Waals surface area (Å²) in [4.78, 5) is 36.4. The highest BCUT2D eigenvalue weighted by Crippen LogP contribution is 2.26. The number of anilines is 1. The summed E-state index contributed by atoms with van der Waals surface area (Å²) in [6, 6.07) is 12.9. The molecule has 1 atom stereocenters. The first kappa shape index (κ1) is 19.0. The largest absolute Gasteiger partial charge is 0.497 e. The molecule has 1 aliphatic heterocycles. The predicted molar refractivity (Wildman–Crippen MR) is 102 cm³/mol. The average Bonchev–Trinajstić information content (AvgIpc) is 3.10. The molecule has 0 unspecified atom stereocenters. The number of ether oxygens (including phenoxy) is 1. The van der Waals surface area contributed by atoms with Crippen LogP contribution in [-0.4, -0.2) is 36.6 Å². The van der Waals surface area contributed by atoms with Crippen LogP contribution < -0.4 is 15.1 Å². The molecule has 9 nitrogen and oxygen atoms in total. The third-order valence-electron chi connectivity index (χ3n) is 4.35. The van der Waals surface area contributed by atoms with E-state index in [9.17, 15) is 19.7 Å². The van der Waals surface area contributed by atoms with Crippen LogP contribution in [0.25, 0.3) is 0 Å². The molecule has 1 fully saturated rings. The second-order valence-corrected chi connectivity index (χ2v) is 6.19. The Morgan fingerprint density at radius 1 is 1.32 bits per heavy atom. The van der Waals surface area contributed by atoms with Crippen LogP contribution in [0.4, 0.5) is 11.4 Å². The van der Waals surface area contributed by atoms with Gasteiger partial charge in [-0.3, -0.25) is 19.7 Å². The SMILES string of the molecule is COc1ccc(N2C[C@@H](C(=O)N/N=C\c3cccc([N+](=O)[O-])c3)CC2=O)cc1. The van der Waals surface area contributed by atoms with Crippen LogP contribution in [0.5, 0.6) is 5.75 Å². The number of carbonyl (C=O) groups is 2. The van der Waals surface area contributed by atoms with Gasteiger partial charge in [-0.25, -0.2) is 5.43 Å². The van der Waals surface area contributed by atoms with Crippen LogP contribution in [-0.2, 0) is 9.59 Å². The normalized spacial score (nSPS) is 16.4. The molecule has 0 saturated carbocycles. The van der Waals surface area contributed by atoms with Crippen molar-refractivity contribution in [1.29, 1.82) is 0 Å². The molecule has 144 valence electrons. The van der Waals surface area contributed by atoms with Crippen LogP contribution in [0.15, 0.2) is 53.6 Å². The van der Waals surface area contributed by atoms with Crippen molar-refractivity contribution in [3.05, 3.63) is 64.2 Å². The first-order valence-electron chi connectivity index (χ1n) is 8.49. The average molecular weight is 382 g/mol. The lowest BCUT2D eigenvalue weighted by molar-refractivity contribution is -0.384. The number of nitrogens with zero attached hydrogens (tertiary/aromatic N) is 3. The Morgan fingerprint density at radius 3 is 2.75 bits per heavy atom. The summed E-state index contributed by atoms with van der Waals surface area (Å²) in [5, 5.41) is 14.6. The van der Waals surface area contributed by atoms with E-state index in [-0.39, 0.29) is 30.5 Å². The molecule has 0 spiro atoms. The second-order valence-electron chi connectivity index (χ2n) is 6.19. The molecule has 0 bridgehead atoms.